The van der Waals surface area contributed by atoms with E-state index in [1.165, 1.54) is 4.88 Å². The van der Waals surface area contributed by atoms with Gasteiger partial charge in [-0.1, -0.05) is 47.6 Å². The van der Waals surface area contributed by atoms with E-state index in [1.807, 2.05) is 53.9 Å². The molecule has 6 heteroatoms. The number of nitrogens with zero attached hydrogens (tertiary/aromatic N) is 3. The van der Waals surface area contributed by atoms with Crippen molar-refractivity contribution in [1.82, 2.24) is 15.0 Å². The second-order valence-electron chi connectivity index (χ2n) is 6.36. The Kier molecular flexibility index (Phi) is 5.58. The molecule has 0 atom stereocenters. The highest BCUT2D eigenvalue weighted by Gasteiger charge is 2.21. The van der Waals surface area contributed by atoms with Crippen molar-refractivity contribution in [2.24, 2.45) is 0 Å². The van der Waals surface area contributed by atoms with Crippen molar-refractivity contribution < 1.29 is 9.32 Å². The zero-order chi connectivity index (χ0) is 19.2. The van der Waals surface area contributed by atoms with E-state index in [0.717, 1.165) is 17.5 Å². The summed E-state index contributed by atoms with van der Waals surface area (Å²) in [6.45, 7) is 1.08. The van der Waals surface area contributed by atoms with Gasteiger partial charge >= 0.3 is 0 Å². The molecule has 0 unspecified atom stereocenters. The summed E-state index contributed by atoms with van der Waals surface area (Å²) in [6.07, 6.45) is 4.31. The number of thiophene rings is 1. The Bertz CT molecular complexity index is 1010. The van der Waals surface area contributed by atoms with Gasteiger partial charge in [-0.2, -0.15) is 0 Å². The molecule has 28 heavy (non-hydrogen) atoms. The van der Waals surface area contributed by atoms with E-state index >= 15 is 0 Å². The van der Waals surface area contributed by atoms with Crippen molar-refractivity contribution in [3.63, 3.8) is 0 Å². The molecule has 5 nitrogen and oxygen atoms in total. The zero-order valence-corrected chi connectivity index (χ0v) is 16.0. The molecular formula is C22H19N3O2S. The number of hydrogen-bond acceptors (Lipinski definition) is 5. The van der Waals surface area contributed by atoms with Crippen LogP contribution in [0.4, 0.5) is 0 Å². The molecule has 0 saturated carbocycles. The normalized spacial score (nSPS) is 10.7. The fourth-order valence-electron chi connectivity index (χ4n) is 2.94. The maximum absolute atomic E-state index is 13.1. The average Bonchev–Trinajstić information content (AvgIpc) is 3.44. The van der Waals surface area contributed by atoms with E-state index in [0.29, 0.717) is 24.5 Å². The predicted octanol–water partition coefficient (Wildman–Crippen LogP) is 4.68. The summed E-state index contributed by atoms with van der Waals surface area (Å²) in [7, 11) is 0. The summed E-state index contributed by atoms with van der Waals surface area (Å²) < 4.78 is 5.41. The molecule has 0 aliphatic carbocycles. The molecule has 3 aromatic heterocycles. The third kappa shape index (κ3) is 4.35. The minimum atomic E-state index is -0.147. The molecule has 3 heterocycles. The highest BCUT2D eigenvalue weighted by molar-refractivity contribution is 7.09. The Morgan fingerprint density at radius 1 is 1.07 bits per heavy atom. The maximum atomic E-state index is 13.1. The van der Waals surface area contributed by atoms with Gasteiger partial charge in [0, 0.05) is 42.0 Å². The van der Waals surface area contributed by atoms with Crippen molar-refractivity contribution in [3.8, 4) is 11.3 Å². The minimum Gasteiger partial charge on any atom is -0.355 e. The van der Waals surface area contributed by atoms with E-state index in [-0.39, 0.29) is 5.91 Å². The molecule has 0 saturated heterocycles. The van der Waals surface area contributed by atoms with Gasteiger partial charge in [0.25, 0.3) is 5.91 Å². The van der Waals surface area contributed by atoms with Gasteiger partial charge in [-0.3, -0.25) is 9.78 Å². The molecule has 4 rings (SSSR count). The Labute approximate surface area is 167 Å². The van der Waals surface area contributed by atoms with Gasteiger partial charge in [0.15, 0.2) is 11.5 Å². The lowest BCUT2D eigenvalue weighted by Gasteiger charge is -2.21. The molecule has 140 valence electrons. The first-order valence-corrected chi connectivity index (χ1v) is 9.90. The smallest absolute Gasteiger partial charge is 0.276 e. The van der Waals surface area contributed by atoms with Crippen LogP contribution in [-0.2, 0) is 13.0 Å². The fourth-order valence-corrected chi connectivity index (χ4v) is 3.64. The van der Waals surface area contributed by atoms with Crippen LogP contribution in [0, 0.1) is 0 Å². The van der Waals surface area contributed by atoms with E-state index in [9.17, 15) is 4.79 Å². The first-order chi connectivity index (χ1) is 13.8. The summed E-state index contributed by atoms with van der Waals surface area (Å²) >= 11 is 1.70. The quantitative estimate of drug-likeness (QED) is 0.460. The van der Waals surface area contributed by atoms with Gasteiger partial charge in [-0.15, -0.1) is 11.3 Å². The van der Waals surface area contributed by atoms with Gasteiger partial charge in [-0.25, -0.2) is 0 Å². The van der Waals surface area contributed by atoms with E-state index in [2.05, 4.69) is 16.2 Å². The van der Waals surface area contributed by atoms with Crippen LogP contribution in [0.1, 0.15) is 20.9 Å². The lowest BCUT2D eigenvalue weighted by Crippen LogP contribution is -2.32. The monoisotopic (exact) mass is 389 g/mol. The number of hydrogen-bond donors (Lipinski definition) is 0. The number of pyridine rings is 1. The fraction of sp³-hybridized carbons (Fsp3) is 0.136. The van der Waals surface area contributed by atoms with Gasteiger partial charge in [-0.05, 0) is 29.5 Å². The molecule has 0 N–H and O–H groups in total. The number of amides is 1. The summed E-state index contributed by atoms with van der Waals surface area (Å²) in [5, 5.41) is 6.07. The topological polar surface area (TPSA) is 59.2 Å². The average molecular weight is 389 g/mol. The van der Waals surface area contributed by atoms with Gasteiger partial charge < -0.3 is 9.42 Å². The largest absolute Gasteiger partial charge is 0.355 e. The third-order valence-corrected chi connectivity index (χ3v) is 5.32. The van der Waals surface area contributed by atoms with Crippen LogP contribution in [0.3, 0.4) is 0 Å². The van der Waals surface area contributed by atoms with Crippen LogP contribution in [0.2, 0.25) is 0 Å². The van der Waals surface area contributed by atoms with Crippen molar-refractivity contribution in [2.45, 2.75) is 13.0 Å². The summed E-state index contributed by atoms with van der Waals surface area (Å²) in [6, 6.07) is 19.3. The molecule has 0 radical (unpaired) electrons. The molecule has 0 fully saturated rings. The highest BCUT2D eigenvalue weighted by Crippen LogP contribution is 2.21. The summed E-state index contributed by atoms with van der Waals surface area (Å²) in [4.78, 5) is 20.3. The maximum Gasteiger partial charge on any atom is 0.276 e. The van der Waals surface area contributed by atoms with Crippen LogP contribution in [0.25, 0.3) is 11.3 Å². The number of carbonyl (C=O) groups is 1. The molecule has 1 aromatic carbocycles. The van der Waals surface area contributed by atoms with Crippen LogP contribution >= 0.6 is 11.3 Å². The Morgan fingerprint density at radius 3 is 2.71 bits per heavy atom. The van der Waals surface area contributed by atoms with Gasteiger partial charge in [0.05, 0.1) is 0 Å². The van der Waals surface area contributed by atoms with Crippen molar-refractivity contribution in [1.29, 1.82) is 0 Å². The SMILES string of the molecule is O=C(c1cc(-c2ccccc2)on1)N(CCc1cccs1)Cc1cccnc1. The Hall–Kier alpha value is -3.25. The lowest BCUT2D eigenvalue weighted by molar-refractivity contribution is 0.0735. The van der Waals surface area contributed by atoms with Crippen molar-refractivity contribution >= 4 is 17.2 Å². The first-order valence-electron chi connectivity index (χ1n) is 9.02. The molecule has 4 aromatic rings. The molecule has 0 bridgehead atoms. The number of rotatable bonds is 7. The molecule has 0 spiro atoms. The first kappa shape index (κ1) is 18.1. The van der Waals surface area contributed by atoms with Crippen molar-refractivity contribution in [3.05, 3.63) is 94.6 Å². The van der Waals surface area contributed by atoms with Crippen LogP contribution < -0.4 is 0 Å². The number of aromatic nitrogens is 2. The van der Waals surface area contributed by atoms with Gasteiger partial charge in [0.2, 0.25) is 0 Å². The molecule has 0 aliphatic rings. The highest BCUT2D eigenvalue weighted by atomic mass is 32.1. The van der Waals surface area contributed by atoms with Crippen LogP contribution in [-0.4, -0.2) is 27.5 Å². The van der Waals surface area contributed by atoms with Crippen molar-refractivity contribution in [2.75, 3.05) is 6.54 Å². The second-order valence-corrected chi connectivity index (χ2v) is 7.39. The minimum absolute atomic E-state index is 0.147. The van der Waals surface area contributed by atoms with Crippen LogP contribution in [0.15, 0.2) is 83.0 Å². The molecule has 0 aliphatic heterocycles. The Morgan fingerprint density at radius 2 is 1.96 bits per heavy atom. The van der Waals surface area contributed by atoms with Crippen LogP contribution in [0.5, 0.6) is 0 Å². The third-order valence-electron chi connectivity index (χ3n) is 4.38. The standard InChI is InChI=1S/C22H19N3O2S/c26-22(20-14-21(27-24-20)18-7-2-1-3-8-18)25(12-10-19-9-5-13-28-19)16-17-6-4-11-23-15-17/h1-9,11,13-15H,10,12,16H2. The lowest BCUT2D eigenvalue weighted by atomic mass is 10.1. The van der Waals surface area contributed by atoms with E-state index in [1.54, 1.807) is 34.7 Å². The Balaban J connectivity index is 1.54. The molecular weight excluding hydrogens is 370 g/mol. The molecule has 1 amide bonds. The second kappa shape index (κ2) is 8.63. The zero-order valence-electron chi connectivity index (χ0n) is 15.2. The number of benzene rings is 1. The summed E-state index contributed by atoms with van der Waals surface area (Å²) in [5.41, 5.74) is 2.19. The number of carbonyl (C=O) groups excluding carboxylic acids is 1. The van der Waals surface area contributed by atoms with Gasteiger partial charge in [0.1, 0.15) is 0 Å². The summed E-state index contributed by atoms with van der Waals surface area (Å²) in [5.74, 6) is 0.440. The van der Waals surface area contributed by atoms with E-state index < -0.39 is 0 Å². The predicted molar refractivity (Wildman–Crippen MR) is 109 cm³/mol. The van der Waals surface area contributed by atoms with E-state index in [4.69, 9.17) is 4.52 Å².